The fraction of sp³-hybridized carbons (Fsp3) is 0. The second-order valence-electron chi connectivity index (χ2n) is 3.68. The second kappa shape index (κ2) is 5.98. The molecule has 104 valence electrons. The monoisotopic (exact) mass is 302 g/mol. The van der Waals surface area contributed by atoms with Gasteiger partial charge in [0.05, 0.1) is 10.5 Å². The second-order valence-corrected chi connectivity index (χ2v) is 4.72. The Hall–Kier alpha value is -2.99. The molecular weight excluding hydrogens is 296 g/mol. The van der Waals surface area contributed by atoms with Gasteiger partial charge in [0.1, 0.15) is 16.1 Å². The van der Waals surface area contributed by atoms with E-state index in [1.807, 2.05) is 0 Å². The van der Waals surface area contributed by atoms with Crippen LogP contribution in [-0.2, 0) is 0 Å². The summed E-state index contributed by atoms with van der Waals surface area (Å²) in [5.74, 6) is -1.08. The molecule has 0 aliphatic heterocycles. The highest BCUT2D eigenvalue weighted by Crippen LogP contribution is 2.27. The molecule has 0 saturated heterocycles. The first-order chi connectivity index (χ1) is 10.0. The minimum Gasteiger partial charge on any atom is -0.478 e. The van der Waals surface area contributed by atoms with Crippen LogP contribution in [0.5, 0.6) is 0 Å². The van der Waals surface area contributed by atoms with E-state index in [1.54, 1.807) is 6.07 Å². The molecule has 0 amide bonds. The first-order valence-electron chi connectivity index (χ1n) is 5.44. The lowest BCUT2D eigenvalue weighted by atomic mass is 10.3. The topological polar surface area (TPSA) is 130 Å². The molecule has 0 radical (unpaired) electrons. The Balaban J connectivity index is 2.26. The first kappa shape index (κ1) is 14.4. The minimum absolute atomic E-state index is 0.0497. The van der Waals surface area contributed by atoms with Gasteiger partial charge < -0.3 is 5.11 Å². The molecule has 1 N–H and O–H groups in total. The van der Waals surface area contributed by atoms with Crippen LogP contribution in [0.2, 0.25) is 0 Å². The molecule has 2 heterocycles. The van der Waals surface area contributed by atoms with Gasteiger partial charge in [0.2, 0.25) is 5.69 Å². The molecule has 0 spiro atoms. The zero-order valence-corrected chi connectivity index (χ0v) is 11.1. The SMILES string of the molecule is N#Cc1nc(Sc2ccc(C(=O)O)cn2)ccc1[N+](=O)[O-]. The van der Waals surface area contributed by atoms with E-state index in [1.165, 1.54) is 30.5 Å². The van der Waals surface area contributed by atoms with E-state index in [0.717, 1.165) is 11.8 Å². The highest BCUT2D eigenvalue weighted by atomic mass is 32.2. The zero-order chi connectivity index (χ0) is 15.4. The Morgan fingerprint density at radius 3 is 2.57 bits per heavy atom. The first-order valence-corrected chi connectivity index (χ1v) is 6.25. The third-order valence-corrected chi connectivity index (χ3v) is 3.23. The lowest BCUT2D eigenvalue weighted by Crippen LogP contribution is -1.97. The minimum atomic E-state index is -1.08. The van der Waals surface area contributed by atoms with Crippen molar-refractivity contribution in [2.24, 2.45) is 0 Å². The lowest BCUT2D eigenvalue weighted by Gasteiger charge is -2.01. The number of hydrogen-bond donors (Lipinski definition) is 1. The highest BCUT2D eigenvalue weighted by Gasteiger charge is 2.16. The predicted octanol–water partition coefficient (Wildman–Crippen LogP) is 2.11. The largest absolute Gasteiger partial charge is 0.478 e. The van der Waals surface area contributed by atoms with Crippen molar-refractivity contribution in [1.29, 1.82) is 5.26 Å². The summed E-state index contributed by atoms with van der Waals surface area (Å²) in [4.78, 5) is 28.5. The van der Waals surface area contributed by atoms with Crippen molar-refractivity contribution in [3.8, 4) is 6.07 Å². The highest BCUT2D eigenvalue weighted by molar-refractivity contribution is 7.99. The predicted molar refractivity (Wildman–Crippen MR) is 70.9 cm³/mol. The fourth-order valence-electron chi connectivity index (χ4n) is 1.39. The molecule has 0 fully saturated rings. The van der Waals surface area contributed by atoms with E-state index in [-0.39, 0.29) is 16.9 Å². The number of rotatable bonds is 4. The van der Waals surface area contributed by atoms with Crippen molar-refractivity contribution in [3.63, 3.8) is 0 Å². The number of pyridine rings is 2. The standard InChI is InChI=1S/C12H6N4O4S/c13-5-8-9(16(19)20)2-4-11(15-8)21-10-3-1-7(6-14-10)12(17)18/h1-4,6H,(H,17,18). The molecular formula is C12H6N4O4S. The average Bonchev–Trinajstić information content (AvgIpc) is 2.47. The number of nitro groups is 1. The van der Waals surface area contributed by atoms with Crippen molar-refractivity contribution in [2.45, 2.75) is 10.1 Å². The average molecular weight is 302 g/mol. The quantitative estimate of drug-likeness (QED) is 0.671. The summed E-state index contributed by atoms with van der Waals surface area (Å²) in [6, 6.07) is 7.13. The van der Waals surface area contributed by atoms with Gasteiger partial charge in [-0.2, -0.15) is 5.26 Å². The van der Waals surface area contributed by atoms with E-state index < -0.39 is 10.9 Å². The number of carboxylic acids is 1. The number of nitrogens with zero attached hydrogens (tertiary/aromatic N) is 4. The summed E-state index contributed by atoms with van der Waals surface area (Å²) in [5, 5.41) is 29.1. The summed E-state index contributed by atoms with van der Waals surface area (Å²) in [6.07, 6.45) is 1.20. The van der Waals surface area contributed by atoms with Crippen molar-refractivity contribution < 1.29 is 14.8 Å². The molecule has 21 heavy (non-hydrogen) atoms. The number of hydrogen-bond acceptors (Lipinski definition) is 7. The lowest BCUT2D eigenvalue weighted by molar-refractivity contribution is -0.385. The molecule has 9 heteroatoms. The van der Waals surface area contributed by atoms with E-state index in [4.69, 9.17) is 10.4 Å². The van der Waals surface area contributed by atoms with Gasteiger partial charge in [-0.1, -0.05) is 11.8 Å². The maximum Gasteiger partial charge on any atom is 0.337 e. The van der Waals surface area contributed by atoms with Crippen LogP contribution in [-0.4, -0.2) is 26.0 Å². The number of carbonyl (C=O) groups is 1. The molecule has 2 aromatic rings. The molecule has 0 bridgehead atoms. The van der Waals surface area contributed by atoms with Crippen molar-refractivity contribution in [1.82, 2.24) is 9.97 Å². The normalized spacial score (nSPS) is 9.86. The number of aromatic nitrogens is 2. The van der Waals surface area contributed by atoms with Gasteiger partial charge in [0, 0.05) is 12.3 Å². The van der Waals surface area contributed by atoms with Crippen LogP contribution in [0.3, 0.4) is 0 Å². The van der Waals surface area contributed by atoms with E-state index in [9.17, 15) is 14.9 Å². The van der Waals surface area contributed by atoms with E-state index >= 15 is 0 Å². The molecule has 0 saturated carbocycles. The summed E-state index contributed by atoms with van der Waals surface area (Å²) in [5.41, 5.74) is -0.600. The smallest absolute Gasteiger partial charge is 0.337 e. The Kier molecular flexibility index (Phi) is 4.10. The molecule has 2 aromatic heterocycles. The van der Waals surface area contributed by atoms with Crippen LogP contribution in [0.15, 0.2) is 40.5 Å². The number of carboxylic acid groups (broad SMARTS) is 1. The fourth-order valence-corrected chi connectivity index (χ4v) is 2.12. The Bertz CT molecular complexity index is 755. The van der Waals surface area contributed by atoms with Crippen molar-refractivity contribution >= 4 is 23.4 Å². The number of nitriles is 1. The van der Waals surface area contributed by atoms with Gasteiger partial charge in [-0.15, -0.1) is 0 Å². The Morgan fingerprint density at radius 1 is 1.33 bits per heavy atom. The zero-order valence-electron chi connectivity index (χ0n) is 10.3. The van der Waals surface area contributed by atoms with Gasteiger partial charge in [0.15, 0.2) is 0 Å². The van der Waals surface area contributed by atoms with Crippen LogP contribution in [0.1, 0.15) is 16.1 Å². The molecule has 2 rings (SSSR count). The molecule has 0 aliphatic rings. The molecule has 0 atom stereocenters. The molecule has 0 aliphatic carbocycles. The Labute approximate surface area is 122 Å². The van der Waals surface area contributed by atoms with Crippen LogP contribution in [0, 0.1) is 21.4 Å². The summed E-state index contributed by atoms with van der Waals surface area (Å²) in [7, 11) is 0. The van der Waals surface area contributed by atoms with Crippen molar-refractivity contribution in [2.75, 3.05) is 0 Å². The van der Waals surface area contributed by atoms with Crippen molar-refractivity contribution in [3.05, 3.63) is 51.8 Å². The third-order valence-electron chi connectivity index (χ3n) is 2.34. The molecule has 8 nitrogen and oxygen atoms in total. The van der Waals surface area contributed by atoms with Crippen LogP contribution in [0.25, 0.3) is 0 Å². The summed E-state index contributed by atoms with van der Waals surface area (Å²) < 4.78 is 0. The van der Waals surface area contributed by atoms with E-state index in [0.29, 0.717) is 10.1 Å². The van der Waals surface area contributed by atoms with Gasteiger partial charge in [0.25, 0.3) is 0 Å². The summed E-state index contributed by atoms with van der Waals surface area (Å²) in [6.45, 7) is 0. The Morgan fingerprint density at radius 2 is 2.05 bits per heavy atom. The van der Waals surface area contributed by atoms with Gasteiger partial charge in [-0.3, -0.25) is 10.1 Å². The summed E-state index contributed by atoms with van der Waals surface area (Å²) >= 11 is 1.07. The molecule has 0 unspecified atom stereocenters. The molecule has 0 aromatic carbocycles. The maximum atomic E-state index is 10.7. The van der Waals surface area contributed by atoms with E-state index in [2.05, 4.69) is 9.97 Å². The van der Waals surface area contributed by atoms with Gasteiger partial charge in [-0.05, 0) is 18.2 Å². The van der Waals surface area contributed by atoms with Gasteiger partial charge in [-0.25, -0.2) is 14.8 Å². The maximum absolute atomic E-state index is 10.7. The van der Waals surface area contributed by atoms with Gasteiger partial charge >= 0.3 is 11.7 Å². The number of aromatic carboxylic acids is 1. The van der Waals surface area contributed by atoms with Crippen LogP contribution < -0.4 is 0 Å². The van der Waals surface area contributed by atoms with Crippen LogP contribution >= 0.6 is 11.8 Å². The third kappa shape index (κ3) is 3.31. The van der Waals surface area contributed by atoms with Crippen LogP contribution in [0.4, 0.5) is 5.69 Å².